The third kappa shape index (κ3) is 2.74. The summed E-state index contributed by atoms with van der Waals surface area (Å²) in [4.78, 5) is 22.7. The van der Waals surface area contributed by atoms with Gasteiger partial charge in [-0.1, -0.05) is 6.92 Å². The van der Waals surface area contributed by atoms with Gasteiger partial charge in [0.2, 0.25) is 0 Å². The maximum Gasteiger partial charge on any atom is 0.331 e. The van der Waals surface area contributed by atoms with E-state index >= 15 is 0 Å². The minimum absolute atomic E-state index is 0.419. The number of halogens is 2. The largest absolute Gasteiger partial charge is 0.331 e. The van der Waals surface area contributed by atoms with Gasteiger partial charge in [0.25, 0.3) is 12.0 Å². The van der Waals surface area contributed by atoms with Crippen LogP contribution in [0.1, 0.15) is 13.3 Å². The van der Waals surface area contributed by atoms with Crippen LogP contribution in [0.25, 0.3) is 0 Å². The average molecular weight is 218 g/mol. The van der Waals surface area contributed by atoms with E-state index in [-0.39, 0.29) is 0 Å². The first-order valence-corrected chi connectivity index (χ1v) is 4.64. The topological polar surface area (TPSA) is 44.0 Å². The second-order valence-electron chi connectivity index (χ2n) is 3.13. The van der Waals surface area contributed by atoms with Crippen molar-refractivity contribution in [2.75, 3.05) is 0 Å². The van der Waals surface area contributed by atoms with Crippen molar-refractivity contribution in [3.05, 3.63) is 33.1 Å². The lowest BCUT2D eigenvalue weighted by Crippen LogP contribution is -2.40. The molecule has 0 radical (unpaired) electrons. The zero-order valence-corrected chi connectivity index (χ0v) is 8.32. The summed E-state index contributed by atoms with van der Waals surface area (Å²) in [6.45, 7) is 1.43. The number of hydrogen-bond donors (Lipinski definition) is 0. The molecule has 15 heavy (non-hydrogen) atoms. The lowest BCUT2D eigenvalue weighted by Gasteiger charge is -2.07. The fraction of sp³-hybridized carbons (Fsp3) is 0.556. The van der Waals surface area contributed by atoms with Crippen LogP contribution in [0.15, 0.2) is 21.9 Å². The molecule has 1 rings (SSSR count). The summed E-state index contributed by atoms with van der Waals surface area (Å²) in [7, 11) is 0. The van der Waals surface area contributed by atoms with Crippen LogP contribution in [0.2, 0.25) is 0 Å². The maximum absolute atomic E-state index is 12.1. The van der Waals surface area contributed by atoms with Crippen molar-refractivity contribution >= 4 is 0 Å². The van der Waals surface area contributed by atoms with E-state index in [4.69, 9.17) is 0 Å². The summed E-state index contributed by atoms with van der Waals surface area (Å²) in [5.74, 6) is 0. The Morgan fingerprint density at radius 2 is 2.07 bits per heavy atom. The SMILES string of the molecule is CCCn1ccc(=O)n(CC(F)F)c1=O. The molecule has 0 aliphatic carbocycles. The van der Waals surface area contributed by atoms with Gasteiger partial charge in [0.15, 0.2) is 0 Å². The molecule has 4 nitrogen and oxygen atoms in total. The molecule has 0 N–H and O–H groups in total. The van der Waals surface area contributed by atoms with Crippen molar-refractivity contribution in [2.45, 2.75) is 32.9 Å². The highest BCUT2D eigenvalue weighted by Crippen LogP contribution is 1.93. The predicted molar refractivity (Wildman–Crippen MR) is 51.3 cm³/mol. The molecule has 6 heteroatoms. The Morgan fingerprint density at radius 1 is 1.40 bits per heavy atom. The number of nitrogens with zero attached hydrogens (tertiary/aromatic N) is 2. The van der Waals surface area contributed by atoms with Crippen LogP contribution >= 0.6 is 0 Å². The van der Waals surface area contributed by atoms with Crippen LogP contribution in [-0.2, 0) is 13.1 Å². The zero-order valence-electron chi connectivity index (χ0n) is 8.32. The summed E-state index contributed by atoms with van der Waals surface area (Å²) in [5.41, 5.74) is -1.36. The van der Waals surface area contributed by atoms with Crippen molar-refractivity contribution in [2.24, 2.45) is 0 Å². The van der Waals surface area contributed by atoms with E-state index in [0.717, 1.165) is 6.07 Å². The summed E-state index contributed by atoms with van der Waals surface area (Å²) in [6.07, 6.45) is -0.670. The highest BCUT2D eigenvalue weighted by Gasteiger charge is 2.10. The van der Waals surface area contributed by atoms with Gasteiger partial charge in [0.1, 0.15) is 0 Å². The minimum atomic E-state index is -2.70. The molecule has 0 atom stereocenters. The van der Waals surface area contributed by atoms with E-state index < -0.39 is 24.2 Å². The first-order valence-electron chi connectivity index (χ1n) is 4.64. The Hall–Kier alpha value is -1.46. The van der Waals surface area contributed by atoms with Gasteiger partial charge in [0, 0.05) is 18.8 Å². The first-order chi connectivity index (χ1) is 7.06. The van der Waals surface area contributed by atoms with Gasteiger partial charge in [-0.05, 0) is 6.42 Å². The molecule has 0 unspecified atom stereocenters. The molecular weight excluding hydrogens is 206 g/mol. The molecule has 0 saturated carbocycles. The molecule has 1 heterocycles. The molecule has 0 bridgehead atoms. The highest BCUT2D eigenvalue weighted by molar-refractivity contribution is 4.86. The summed E-state index contributed by atoms with van der Waals surface area (Å²) >= 11 is 0. The monoisotopic (exact) mass is 218 g/mol. The fourth-order valence-corrected chi connectivity index (χ4v) is 1.27. The van der Waals surface area contributed by atoms with Crippen molar-refractivity contribution < 1.29 is 8.78 Å². The van der Waals surface area contributed by atoms with Crippen LogP contribution in [0.3, 0.4) is 0 Å². The normalized spacial score (nSPS) is 10.9. The Balaban J connectivity index is 3.18. The van der Waals surface area contributed by atoms with E-state index in [1.807, 2.05) is 6.92 Å². The van der Waals surface area contributed by atoms with Gasteiger partial charge < -0.3 is 4.57 Å². The summed E-state index contributed by atoms with van der Waals surface area (Å²) < 4.78 is 26.0. The quantitative estimate of drug-likeness (QED) is 0.746. The van der Waals surface area contributed by atoms with Gasteiger partial charge in [-0.2, -0.15) is 0 Å². The number of rotatable bonds is 4. The summed E-state index contributed by atoms with van der Waals surface area (Å²) in [6, 6.07) is 1.12. The minimum Gasteiger partial charge on any atom is -0.300 e. The lowest BCUT2D eigenvalue weighted by molar-refractivity contribution is 0.122. The van der Waals surface area contributed by atoms with Gasteiger partial charge in [-0.25, -0.2) is 13.6 Å². The van der Waals surface area contributed by atoms with Crippen LogP contribution in [0.4, 0.5) is 8.78 Å². The number of hydrogen-bond acceptors (Lipinski definition) is 2. The molecule has 0 aliphatic heterocycles. The van der Waals surface area contributed by atoms with Gasteiger partial charge in [0.05, 0.1) is 6.54 Å². The van der Waals surface area contributed by atoms with Gasteiger partial charge in [-0.3, -0.25) is 9.36 Å². The van der Waals surface area contributed by atoms with Crippen molar-refractivity contribution in [3.8, 4) is 0 Å². The van der Waals surface area contributed by atoms with E-state index in [1.165, 1.54) is 10.8 Å². The standard InChI is InChI=1S/C9H12F2N2O2/c1-2-4-12-5-3-8(14)13(9(12)15)6-7(10)11/h3,5,7H,2,4,6H2,1H3. The molecule has 0 saturated heterocycles. The van der Waals surface area contributed by atoms with Gasteiger partial charge >= 0.3 is 5.69 Å². The third-order valence-corrected chi connectivity index (χ3v) is 1.92. The zero-order chi connectivity index (χ0) is 11.4. The Morgan fingerprint density at radius 3 is 2.60 bits per heavy atom. The van der Waals surface area contributed by atoms with Crippen LogP contribution in [0, 0.1) is 0 Å². The fourth-order valence-electron chi connectivity index (χ4n) is 1.27. The van der Waals surface area contributed by atoms with Gasteiger partial charge in [-0.15, -0.1) is 0 Å². The molecule has 1 aromatic heterocycles. The molecule has 0 spiro atoms. The smallest absolute Gasteiger partial charge is 0.300 e. The van der Waals surface area contributed by atoms with Crippen molar-refractivity contribution in [1.29, 1.82) is 0 Å². The lowest BCUT2D eigenvalue weighted by atomic mass is 10.4. The van der Waals surface area contributed by atoms with Crippen molar-refractivity contribution in [3.63, 3.8) is 0 Å². The number of alkyl halides is 2. The van der Waals surface area contributed by atoms with E-state index in [0.29, 0.717) is 17.5 Å². The average Bonchev–Trinajstić information content (AvgIpc) is 2.17. The van der Waals surface area contributed by atoms with E-state index in [9.17, 15) is 18.4 Å². The Kier molecular flexibility index (Phi) is 3.76. The molecule has 0 fully saturated rings. The van der Waals surface area contributed by atoms with Crippen LogP contribution in [0.5, 0.6) is 0 Å². The molecule has 0 aliphatic rings. The van der Waals surface area contributed by atoms with E-state index in [1.54, 1.807) is 0 Å². The van der Waals surface area contributed by atoms with Crippen molar-refractivity contribution in [1.82, 2.24) is 9.13 Å². The third-order valence-electron chi connectivity index (χ3n) is 1.92. The molecular formula is C9H12F2N2O2. The summed E-state index contributed by atoms with van der Waals surface area (Å²) in [5, 5.41) is 0. The highest BCUT2D eigenvalue weighted by atomic mass is 19.3. The second kappa shape index (κ2) is 4.86. The number of aryl methyl sites for hydroxylation is 1. The first kappa shape index (κ1) is 11.6. The molecule has 84 valence electrons. The number of aromatic nitrogens is 2. The predicted octanol–water partition coefficient (Wildman–Crippen LogP) is 0.685. The van der Waals surface area contributed by atoms with Crippen LogP contribution in [-0.4, -0.2) is 15.6 Å². The molecule has 1 aromatic rings. The molecule has 0 amide bonds. The molecule has 0 aromatic carbocycles. The Labute approximate surface area is 84.8 Å². The van der Waals surface area contributed by atoms with Crippen LogP contribution < -0.4 is 11.2 Å². The second-order valence-corrected chi connectivity index (χ2v) is 3.13. The van der Waals surface area contributed by atoms with E-state index in [2.05, 4.69) is 0 Å². The Bertz CT molecular complexity index is 436. The maximum atomic E-state index is 12.1.